The van der Waals surface area contributed by atoms with E-state index in [4.69, 9.17) is 16.7 Å². The number of carboxylic acids is 1. The molecule has 1 N–H and O–H groups in total. The predicted octanol–water partition coefficient (Wildman–Crippen LogP) is 3.41. The van der Waals surface area contributed by atoms with Crippen LogP contribution in [0.15, 0.2) is 16.0 Å². The van der Waals surface area contributed by atoms with Crippen molar-refractivity contribution in [2.45, 2.75) is 0 Å². The lowest BCUT2D eigenvalue weighted by atomic mass is 10.2. The number of carbonyl (C=O) groups is 1. The number of benzene rings is 1. The van der Waals surface area contributed by atoms with Gasteiger partial charge in [0.15, 0.2) is 3.92 Å². The average molecular weight is 293 g/mol. The Labute approximate surface area is 96.5 Å². The van der Waals surface area contributed by atoms with Gasteiger partial charge < -0.3 is 5.11 Å². The normalized spacial score (nSPS) is 10.7. The summed E-state index contributed by atoms with van der Waals surface area (Å²) in [5.41, 5.74) is 0.760. The molecule has 0 unspecified atom stereocenters. The van der Waals surface area contributed by atoms with Crippen LogP contribution in [0.25, 0.3) is 10.2 Å². The Kier molecular flexibility index (Phi) is 2.47. The number of hydrogen-bond donors (Lipinski definition) is 1. The maximum Gasteiger partial charge on any atom is 0.337 e. The molecule has 0 fully saturated rings. The fourth-order valence-electron chi connectivity index (χ4n) is 1.12. The average Bonchev–Trinajstić information content (AvgIpc) is 2.47. The zero-order chi connectivity index (χ0) is 10.3. The summed E-state index contributed by atoms with van der Waals surface area (Å²) < 4.78 is 1.22. The molecule has 0 amide bonds. The smallest absolute Gasteiger partial charge is 0.337 e. The summed E-state index contributed by atoms with van der Waals surface area (Å²) in [5.74, 6) is -0.970. The number of nitrogens with zero attached hydrogens (tertiary/aromatic N) is 1. The summed E-state index contributed by atoms with van der Waals surface area (Å²) in [6.45, 7) is 0. The van der Waals surface area contributed by atoms with Crippen LogP contribution >= 0.6 is 38.9 Å². The predicted molar refractivity (Wildman–Crippen MR) is 59.3 cm³/mol. The minimum absolute atomic E-state index is 0.229. The molecule has 0 saturated carbocycles. The molecule has 0 spiro atoms. The van der Waals surface area contributed by atoms with Crippen LogP contribution in [0.2, 0.25) is 5.02 Å². The van der Waals surface area contributed by atoms with Crippen LogP contribution < -0.4 is 0 Å². The van der Waals surface area contributed by atoms with Crippen LogP contribution in [0.3, 0.4) is 0 Å². The number of thiazole rings is 1. The second-order valence-electron chi connectivity index (χ2n) is 2.54. The second-order valence-corrected chi connectivity index (χ2v) is 5.23. The van der Waals surface area contributed by atoms with Crippen molar-refractivity contribution in [2.75, 3.05) is 0 Å². The minimum Gasteiger partial charge on any atom is -0.478 e. The Morgan fingerprint density at radius 1 is 1.57 bits per heavy atom. The molecule has 14 heavy (non-hydrogen) atoms. The summed E-state index contributed by atoms with van der Waals surface area (Å²) in [7, 11) is 0. The van der Waals surface area contributed by atoms with E-state index in [1.807, 2.05) is 0 Å². The first-order valence-corrected chi connectivity index (χ1v) is 5.56. The van der Waals surface area contributed by atoms with E-state index in [9.17, 15) is 4.79 Å². The molecule has 0 aliphatic rings. The van der Waals surface area contributed by atoms with Crippen molar-refractivity contribution in [1.29, 1.82) is 0 Å². The van der Waals surface area contributed by atoms with Crippen molar-refractivity contribution in [2.24, 2.45) is 0 Å². The number of fused-ring (bicyclic) bond motifs is 1. The van der Waals surface area contributed by atoms with Gasteiger partial charge in [0.05, 0.1) is 15.3 Å². The third kappa shape index (κ3) is 1.51. The molecule has 1 heterocycles. The van der Waals surface area contributed by atoms with Gasteiger partial charge in [0.1, 0.15) is 5.52 Å². The van der Waals surface area contributed by atoms with Crippen molar-refractivity contribution in [3.05, 3.63) is 26.6 Å². The van der Waals surface area contributed by atoms with Crippen molar-refractivity contribution < 1.29 is 9.90 Å². The highest BCUT2D eigenvalue weighted by Gasteiger charge is 2.14. The summed E-state index contributed by atoms with van der Waals surface area (Å²) in [5, 5.41) is 9.37. The highest BCUT2D eigenvalue weighted by molar-refractivity contribution is 9.11. The summed E-state index contributed by atoms with van der Waals surface area (Å²) >= 11 is 10.3. The van der Waals surface area contributed by atoms with Gasteiger partial charge in [-0.05, 0) is 28.1 Å². The third-order valence-electron chi connectivity index (χ3n) is 1.70. The molecule has 6 heteroatoms. The fourth-order valence-corrected chi connectivity index (χ4v) is 2.86. The second kappa shape index (κ2) is 3.49. The van der Waals surface area contributed by atoms with Gasteiger partial charge in [-0.1, -0.05) is 11.6 Å². The van der Waals surface area contributed by atoms with E-state index in [1.54, 1.807) is 6.07 Å². The van der Waals surface area contributed by atoms with Gasteiger partial charge >= 0.3 is 5.97 Å². The van der Waals surface area contributed by atoms with Crippen molar-refractivity contribution in [3.63, 3.8) is 0 Å². The van der Waals surface area contributed by atoms with Crippen LogP contribution in [0.1, 0.15) is 10.4 Å². The van der Waals surface area contributed by atoms with Gasteiger partial charge in [0.2, 0.25) is 0 Å². The van der Waals surface area contributed by atoms with Gasteiger partial charge in [0.25, 0.3) is 0 Å². The van der Waals surface area contributed by atoms with Crippen LogP contribution in [0.4, 0.5) is 0 Å². The topological polar surface area (TPSA) is 50.2 Å². The summed E-state index contributed by atoms with van der Waals surface area (Å²) in [6.07, 6.45) is 0. The molecular weight excluding hydrogens is 290 g/mol. The van der Waals surface area contributed by atoms with Crippen LogP contribution in [-0.2, 0) is 0 Å². The first-order valence-electron chi connectivity index (χ1n) is 3.57. The fraction of sp³-hybridized carbons (Fsp3) is 0. The summed E-state index contributed by atoms with van der Waals surface area (Å²) in [4.78, 5) is 15.0. The summed E-state index contributed by atoms with van der Waals surface area (Å²) in [6, 6.07) is 3.02. The molecule has 0 atom stereocenters. The van der Waals surface area contributed by atoms with Gasteiger partial charge in [-0.15, -0.1) is 11.3 Å². The Morgan fingerprint density at radius 2 is 2.29 bits per heavy atom. The maximum atomic E-state index is 10.9. The van der Waals surface area contributed by atoms with Crippen LogP contribution in [0, 0.1) is 0 Å². The van der Waals surface area contributed by atoms with Crippen molar-refractivity contribution >= 4 is 55.1 Å². The number of aromatic carboxylic acids is 1. The number of rotatable bonds is 1. The molecule has 2 rings (SSSR count). The largest absolute Gasteiger partial charge is 0.478 e. The Bertz CT molecular complexity index is 525. The van der Waals surface area contributed by atoms with E-state index in [-0.39, 0.29) is 5.56 Å². The molecule has 0 radical (unpaired) electrons. The SMILES string of the molecule is O=C(O)c1ccc(Cl)c2nc(Br)sc12. The lowest BCUT2D eigenvalue weighted by Gasteiger charge is -1.96. The quantitative estimate of drug-likeness (QED) is 0.876. The van der Waals surface area contributed by atoms with Crippen LogP contribution in [0.5, 0.6) is 0 Å². The van der Waals surface area contributed by atoms with E-state index in [2.05, 4.69) is 20.9 Å². The lowest BCUT2D eigenvalue weighted by Crippen LogP contribution is -1.95. The van der Waals surface area contributed by atoms with Gasteiger partial charge in [-0.25, -0.2) is 9.78 Å². The number of carboxylic acid groups (broad SMARTS) is 1. The molecule has 1 aromatic carbocycles. The molecule has 0 aliphatic heterocycles. The molecule has 0 aliphatic carbocycles. The molecular formula is C8H3BrClNO2S. The van der Waals surface area contributed by atoms with Crippen molar-refractivity contribution in [3.8, 4) is 0 Å². The Morgan fingerprint density at radius 3 is 2.93 bits per heavy atom. The number of halogens is 2. The van der Waals surface area contributed by atoms with E-state index in [0.717, 1.165) is 0 Å². The molecule has 72 valence electrons. The first kappa shape index (κ1) is 9.89. The zero-order valence-electron chi connectivity index (χ0n) is 6.62. The van der Waals surface area contributed by atoms with Gasteiger partial charge in [0, 0.05) is 0 Å². The first-order chi connectivity index (χ1) is 6.59. The standard InChI is InChI=1S/C8H3BrClNO2S/c9-8-11-5-4(10)2-1-3(7(12)13)6(5)14-8/h1-2H,(H,12,13). The molecule has 2 aromatic rings. The molecule has 1 aromatic heterocycles. The van der Waals surface area contributed by atoms with E-state index in [1.165, 1.54) is 17.4 Å². The molecule has 0 saturated heterocycles. The van der Waals surface area contributed by atoms with Gasteiger partial charge in [-0.3, -0.25) is 0 Å². The van der Waals surface area contributed by atoms with E-state index >= 15 is 0 Å². The molecule has 3 nitrogen and oxygen atoms in total. The van der Waals surface area contributed by atoms with Gasteiger partial charge in [-0.2, -0.15) is 0 Å². The zero-order valence-corrected chi connectivity index (χ0v) is 9.78. The minimum atomic E-state index is -0.970. The highest BCUT2D eigenvalue weighted by Crippen LogP contribution is 2.33. The van der Waals surface area contributed by atoms with E-state index < -0.39 is 5.97 Å². The highest BCUT2D eigenvalue weighted by atomic mass is 79.9. The third-order valence-corrected chi connectivity index (χ3v) is 3.54. The number of aromatic nitrogens is 1. The maximum absolute atomic E-state index is 10.9. The lowest BCUT2D eigenvalue weighted by molar-refractivity contribution is 0.0699. The Hall–Kier alpha value is -0.650. The number of hydrogen-bond acceptors (Lipinski definition) is 3. The van der Waals surface area contributed by atoms with Crippen molar-refractivity contribution in [1.82, 2.24) is 4.98 Å². The Balaban J connectivity index is 2.87. The monoisotopic (exact) mass is 291 g/mol. The molecule has 0 bridgehead atoms. The van der Waals surface area contributed by atoms with E-state index in [0.29, 0.717) is 19.2 Å². The van der Waals surface area contributed by atoms with Crippen LogP contribution in [-0.4, -0.2) is 16.1 Å².